The lowest BCUT2D eigenvalue weighted by molar-refractivity contribution is -0.107. The van der Waals surface area contributed by atoms with Crippen molar-refractivity contribution in [2.75, 3.05) is 0 Å². The smallest absolute Gasteiger partial charge is 0.264 e. The van der Waals surface area contributed by atoms with E-state index in [4.69, 9.17) is 0 Å². The van der Waals surface area contributed by atoms with Crippen LogP contribution in [0.3, 0.4) is 0 Å². The van der Waals surface area contributed by atoms with Crippen molar-refractivity contribution in [3.8, 4) is 0 Å². The van der Waals surface area contributed by atoms with Gasteiger partial charge in [-0.2, -0.15) is 0 Å². The zero-order chi connectivity index (χ0) is 10.6. The minimum atomic E-state index is -2.46. The standard InChI is InChI=1S/C10H9F2IO/c11-10(12)9-4-3-8(13)6-7(9)2-1-5-14/h3-6,10H,1-2H2. The van der Waals surface area contributed by atoms with Gasteiger partial charge in [-0.3, -0.25) is 0 Å². The number of rotatable bonds is 4. The maximum Gasteiger partial charge on any atom is 0.264 e. The van der Waals surface area contributed by atoms with Gasteiger partial charge >= 0.3 is 0 Å². The number of aldehydes is 1. The summed E-state index contributed by atoms with van der Waals surface area (Å²) in [5.74, 6) is 0. The van der Waals surface area contributed by atoms with Crippen LogP contribution in [0.1, 0.15) is 24.0 Å². The third kappa shape index (κ3) is 3.01. The van der Waals surface area contributed by atoms with Crippen molar-refractivity contribution in [3.63, 3.8) is 0 Å². The van der Waals surface area contributed by atoms with Crippen LogP contribution < -0.4 is 0 Å². The van der Waals surface area contributed by atoms with Gasteiger partial charge in [-0.05, 0) is 46.7 Å². The molecule has 0 saturated carbocycles. The van der Waals surface area contributed by atoms with Gasteiger partial charge in [-0.1, -0.05) is 6.07 Å². The molecule has 4 heteroatoms. The highest BCUT2D eigenvalue weighted by atomic mass is 127. The van der Waals surface area contributed by atoms with E-state index in [1.165, 1.54) is 6.07 Å². The summed E-state index contributed by atoms with van der Waals surface area (Å²) >= 11 is 2.06. The number of hydrogen-bond donors (Lipinski definition) is 0. The van der Waals surface area contributed by atoms with Gasteiger partial charge in [-0.15, -0.1) is 0 Å². The molecule has 0 aliphatic heterocycles. The Morgan fingerprint density at radius 2 is 2.14 bits per heavy atom. The lowest BCUT2D eigenvalue weighted by Gasteiger charge is -2.07. The Kier molecular flexibility index (Phi) is 4.44. The second-order valence-electron chi connectivity index (χ2n) is 2.85. The molecular weight excluding hydrogens is 301 g/mol. The van der Waals surface area contributed by atoms with E-state index in [1.54, 1.807) is 12.1 Å². The largest absolute Gasteiger partial charge is 0.303 e. The van der Waals surface area contributed by atoms with E-state index >= 15 is 0 Å². The second-order valence-corrected chi connectivity index (χ2v) is 4.09. The molecule has 0 amide bonds. The molecule has 14 heavy (non-hydrogen) atoms. The molecule has 1 nitrogen and oxygen atoms in total. The van der Waals surface area contributed by atoms with Crippen molar-refractivity contribution < 1.29 is 13.6 Å². The zero-order valence-corrected chi connectivity index (χ0v) is 9.50. The second kappa shape index (κ2) is 5.38. The number of carbonyl (C=O) groups is 1. The number of aryl methyl sites for hydroxylation is 1. The van der Waals surface area contributed by atoms with Gasteiger partial charge in [-0.25, -0.2) is 8.78 Å². The molecule has 0 atom stereocenters. The molecule has 0 N–H and O–H groups in total. The van der Waals surface area contributed by atoms with E-state index in [0.29, 0.717) is 18.4 Å². The van der Waals surface area contributed by atoms with Crippen LogP contribution in [-0.2, 0) is 11.2 Å². The highest BCUT2D eigenvalue weighted by Gasteiger charge is 2.12. The fraction of sp³-hybridized carbons (Fsp3) is 0.300. The number of benzene rings is 1. The summed E-state index contributed by atoms with van der Waals surface area (Å²) in [7, 11) is 0. The monoisotopic (exact) mass is 310 g/mol. The lowest BCUT2D eigenvalue weighted by Crippen LogP contribution is -1.96. The van der Waals surface area contributed by atoms with Gasteiger partial charge < -0.3 is 4.79 Å². The summed E-state index contributed by atoms with van der Waals surface area (Å²) < 4.78 is 25.9. The summed E-state index contributed by atoms with van der Waals surface area (Å²) in [4.78, 5) is 10.2. The number of alkyl halides is 2. The highest BCUT2D eigenvalue weighted by molar-refractivity contribution is 14.1. The van der Waals surface area contributed by atoms with Gasteiger partial charge in [0.2, 0.25) is 0 Å². The van der Waals surface area contributed by atoms with Crippen LogP contribution in [0.2, 0.25) is 0 Å². The number of carbonyl (C=O) groups excluding carboxylic acids is 1. The maximum atomic E-state index is 12.5. The quantitative estimate of drug-likeness (QED) is 0.616. The van der Waals surface area contributed by atoms with Gasteiger partial charge in [0.05, 0.1) is 0 Å². The minimum Gasteiger partial charge on any atom is -0.303 e. The molecular formula is C10H9F2IO. The van der Waals surface area contributed by atoms with Crippen LogP contribution in [0.5, 0.6) is 0 Å². The predicted octanol–water partition coefficient (Wildman–Crippen LogP) is 3.36. The summed E-state index contributed by atoms with van der Waals surface area (Å²) in [6.45, 7) is 0. The molecule has 76 valence electrons. The fourth-order valence-corrected chi connectivity index (χ4v) is 1.77. The highest BCUT2D eigenvalue weighted by Crippen LogP contribution is 2.25. The SMILES string of the molecule is O=CCCc1cc(I)ccc1C(F)F. The van der Waals surface area contributed by atoms with Crippen molar-refractivity contribution in [2.45, 2.75) is 19.3 Å². The summed E-state index contributed by atoms with van der Waals surface area (Å²) in [6, 6.07) is 4.77. The van der Waals surface area contributed by atoms with E-state index in [0.717, 1.165) is 9.86 Å². The maximum absolute atomic E-state index is 12.5. The molecule has 0 spiro atoms. The Balaban J connectivity index is 2.96. The number of hydrogen-bond acceptors (Lipinski definition) is 1. The Morgan fingerprint density at radius 1 is 1.43 bits per heavy atom. The summed E-state index contributed by atoms with van der Waals surface area (Å²) in [5.41, 5.74) is 0.603. The first-order valence-electron chi connectivity index (χ1n) is 4.15. The Bertz CT molecular complexity index is 326. The predicted molar refractivity (Wildman–Crippen MR) is 58.5 cm³/mol. The third-order valence-electron chi connectivity index (χ3n) is 1.87. The van der Waals surface area contributed by atoms with Crippen LogP contribution in [0.15, 0.2) is 18.2 Å². The van der Waals surface area contributed by atoms with Crippen molar-refractivity contribution in [1.29, 1.82) is 0 Å². The van der Waals surface area contributed by atoms with E-state index in [-0.39, 0.29) is 5.56 Å². The molecule has 0 aliphatic rings. The lowest BCUT2D eigenvalue weighted by atomic mass is 10.0. The van der Waals surface area contributed by atoms with Crippen molar-refractivity contribution in [2.24, 2.45) is 0 Å². The normalized spacial score (nSPS) is 10.6. The van der Waals surface area contributed by atoms with Crippen LogP contribution in [0.4, 0.5) is 8.78 Å². The van der Waals surface area contributed by atoms with Crippen LogP contribution in [0, 0.1) is 3.57 Å². The van der Waals surface area contributed by atoms with E-state index < -0.39 is 6.43 Å². The Morgan fingerprint density at radius 3 is 2.71 bits per heavy atom. The molecule has 1 aromatic carbocycles. The van der Waals surface area contributed by atoms with Crippen molar-refractivity contribution in [1.82, 2.24) is 0 Å². The zero-order valence-electron chi connectivity index (χ0n) is 7.34. The number of halogens is 3. The fourth-order valence-electron chi connectivity index (χ4n) is 1.22. The minimum absolute atomic E-state index is 0.0345. The summed E-state index contributed by atoms with van der Waals surface area (Å²) in [6.07, 6.45) is -1.04. The molecule has 0 saturated heterocycles. The molecule has 0 bridgehead atoms. The Labute approximate surface area is 94.6 Å². The first-order chi connectivity index (χ1) is 6.65. The van der Waals surface area contributed by atoms with E-state index in [1.807, 2.05) is 0 Å². The average Bonchev–Trinajstić information content (AvgIpc) is 2.14. The molecule has 1 aromatic rings. The first-order valence-corrected chi connectivity index (χ1v) is 5.23. The molecule has 1 rings (SSSR count). The van der Waals surface area contributed by atoms with Gasteiger partial charge in [0.25, 0.3) is 6.43 Å². The van der Waals surface area contributed by atoms with E-state index in [2.05, 4.69) is 22.6 Å². The molecule has 0 unspecified atom stereocenters. The molecule has 0 fully saturated rings. The van der Waals surface area contributed by atoms with E-state index in [9.17, 15) is 13.6 Å². The first kappa shape index (κ1) is 11.6. The third-order valence-corrected chi connectivity index (χ3v) is 2.54. The molecule has 0 heterocycles. The molecule has 0 aliphatic carbocycles. The van der Waals surface area contributed by atoms with Crippen LogP contribution in [-0.4, -0.2) is 6.29 Å². The molecule has 0 aromatic heterocycles. The molecule has 0 radical (unpaired) electrons. The summed E-state index contributed by atoms with van der Waals surface area (Å²) in [5, 5.41) is 0. The van der Waals surface area contributed by atoms with Crippen LogP contribution in [0.25, 0.3) is 0 Å². The average molecular weight is 310 g/mol. The topological polar surface area (TPSA) is 17.1 Å². The Hall–Kier alpha value is -0.520. The van der Waals surface area contributed by atoms with Crippen molar-refractivity contribution >= 4 is 28.9 Å². The van der Waals surface area contributed by atoms with Crippen LogP contribution >= 0.6 is 22.6 Å². The van der Waals surface area contributed by atoms with Gasteiger partial charge in [0, 0.05) is 15.6 Å². The van der Waals surface area contributed by atoms with Gasteiger partial charge in [0.15, 0.2) is 0 Å². The van der Waals surface area contributed by atoms with Gasteiger partial charge in [0.1, 0.15) is 6.29 Å². The van der Waals surface area contributed by atoms with Crippen molar-refractivity contribution in [3.05, 3.63) is 32.9 Å².